The van der Waals surface area contributed by atoms with Gasteiger partial charge < -0.3 is 16.3 Å². The lowest BCUT2D eigenvalue weighted by atomic mass is 10.1. The number of halogens is 3. The van der Waals surface area contributed by atoms with Crippen molar-refractivity contribution in [1.29, 1.82) is 0 Å². The zero-order valence-corrected chi connectivity index (χ0v) is 9.95. The summed E-state index contributed by atoms with van der Waals surface area (Å²) in [6, 6.07) is 4.39. The summed E-state index contributed by atoms with van der Waals surface area (Å²) in [5.74, 6) is -1.38. The zero-order valence-electron chi connectivity index (χ0n) is 9.95. The van der Waals surface area contributed by atoms with E-state index < -0.39 is 18.5 Å². The highest BCUT2D eigenvalue weighted by atomic mass is 19.4. The maximum atomic E-state index is 12.0. The monoisotopic (exact) mass is 275 g/mol. The topological polar surface area (TPSA) is 87.7 Å². The smallest absolute Gasteiger partial charge is 0.397 e. The molecule has 8 heteroatoms. The molecule has 5 nitrogen and oxygen atoms in total. The molecule has 4 N–H and O–H groups in total. The van der Waals surface area contributed by atoms with Crippen molar-refractivity contribution >= 4 is 17.4 Å². The van der Waals surface area contributed by atoms with Crippen LogP contribution in [0.2, 0.25) is 0 Å². The fraction of sp³-hybridized carbons (Fsp3) is 0.273. The van der Waals surface area contributed by atoms with Crippen LogP contribution < -0.4 is 11.1 Å². The van der Waals surface area contributed by atoms with Crippen LogP contribution in [0.3, 0.4) is 0 Å². The molecule has 0 aliphatic rings. The third kappa shape index (κ3) is 4.49. The number of alkyl halides is 3. The normalized spacial score (nSPS) is 12.3. The molecule has 104 valence electrons. The second-order valence-electron chi connectivity index (χ2n) is 3.86. The molecule has 19 heavy (non-hydrogen) atoms. The molecule has 0 aliphatic carbocycles. The van der Waals surface area contributed by atoms with E-state index in [0.717, 1.165) is 0 Å². The predicted octanol–water partition coefficient (Wildman–Crippen LogP) is 1.98. The first-order valence-corrected chi connectivity index (χ1v) is 5.18. The highest BCUT2D eigenvalue weighted by Crippen LogP contribution is 2.22. The predicted molar refractivity (Wildman–Crippen MR) is 63.0 cm³/mol. The molecule has 1 aromatic carbocycles. The van der Waals surface area contributed by atoms with Gasteiger partial charge in [0.15, 0.2) is 5.84 Å². The Kier molecular flexibility index (Phi) is 4.36. The van der Waals surface area contributed by atoms with Crippen molar-refractivity contribution in [3.05, 3.63) is 29.3 Å². The highest BCUT2D eigenvalue weighted by Gasteiger charge is 2.31. The van der Waals surface area contributed by atoms with Crippen LogP contribution in [0, 0.1) is 6.92 Å². The molecular formula is C11H12F3N3O2. The van der Waals surface area contributed by atoms with Gasteiger partial charge in [0.05, 0.1) is 0 Å². The molecule has 0 bridgehead atoms. The van der Waals surface area contributed by atoms with Crippen molar-refractivity contribution in [3.8, 4) is 0 Å². The first-order chi connectivity index (χ1) is 8.73. The Hall–Kier alpha value is -2.25. The molecule has 0 radical (unpaired) electrons. The van der Waals surface area contributed by atoms with Crippen molar-refractivity contribution in [2.45, 2.75) is 19.5 Å². The van der Waals surface area contributed by atoms with Crippen LogP contribution in [-0.4, -0.2) is 23.1 Å². The van der Waals surface area contributed by atoms with Crippen molar-refractivity contribution in [1.82, 2.24) is 0 Å². The number of hydrogen-bond donors (Lipinski definition) is 3. The first-order valence-electron chi connectivity index (χ1n) is 5.18. The molecule has 0 spiro atoms. The van der Waals surface area contributed by atoms with Crippen LogP contribution in [0.15, 0.2) is 23.4 Å². The molecule has 0 heterocycles. The lowest BCUT2D eigenvalue weighted by molar-refractivity contribution is -0.150. The summed E-state index contributed by atoms with van der Waals surface area (Å²) in [5, 5.41) is 13.4. The van der Waals surface area contributed by atoms with Crippen molar-refractivity contribution in [2.24, 2.45) is 10.9 Å². The molecule has 1 rings (SSSR count). The van der Waals surface area contributed by atoms with E-state index in [1.807, 2.05) is 0 Å². The number of nitrogens with zero attached hydrogens (tertiary/aromatic N) is 1. The third-order valence-corrected chi connectivity index (χ3v) is 2.28. The highest BCUT2D eigenvalue weighted by molar-refractivity contribution is 5.99. The molecule has 0 unspecified atom stereocenters. The summed E-state index contributed by atoms with van der Waals surface area (Å²) in [6.45, 7) is 1.61. The number of benzene rings is 1. The lowest BCUT2D eigenvalue weighted by Gasteiger charge is -2.11. The molecule has 0 aromatic heterocycles. The number of hydrogen-bond acceptors (Lipinski definition) is 3. The molecule has 0 fully saturated rings. The van der Waals surface area contributed by atoms with Gasteiger partial charge in [-0.3, -0.25) is 4.79 Å². The minimum absolute atomic E-state index is 0.179. The van der Waals surface area contributed by atoms with Crippen LogP contribution in [0.5, 0.6) is 0 Å². The van der Waals surface area contributed by atoms with Crippen LogP contribution in [-0.2, 0) is 4.79 Å². The molecule has 0 saturated heterocycles. The summed E-state index contributed by atoms with van der Waals surface area (Å²) in [7, 11) is 0. The minimum Gasteiger partial charge on any atom is -0.409 e. The van der Waals surface area contributed by atoms with E-state index >= 15 is 0 Å². The average Bonchev–Trinajstić information content (AvgIpc) is 2.28. The zero-order chi connectivity index (χ0) is 14.6. The van der Waals surface area contributed by atoms with Gasteiger partial charge in [0.1, 0.15) is 6.42 Å². The largest absolute Gasteiger partial charge is 0.409 e. The van der Waals surface area contributed by atoms with E-state index in [-0.39, 0.29) is 17.1 Å². The van der Waals surface area contributed by atoms with Crippen LogP contribution in [0.25, 0.3) is 0 Å². The average molecular weight is 275 g/mol. The van der Waals surface area contributed by atoms with Gasteiger partial charge >= 0.3 is 6.18 Å². The van der Waals surface area contributed by atoms with E-state index in [4.69, 9.17) is 10.9 Å². The molecular weight excluding hydrogens is 263 g/mol. The van der Waals surface area contributed by atoms with Crippen molar-refractivity contribution < 1.29 is 23.2 Å². The number of amides is 1. The summed E-state index contributed by atoms with van der Waals surface area (Å²) >= 11 is 0. The Morgan fingerprint density at radius 1 is 1.47 bits per heavy atom. The maximum Gasteiger partial charge on any atom is 0.397 e. The Morgan fingerprint density at radius 3 is 2.63 bits per heavy atom. The van der Waals surface area contributed by atoms with Gasteiger partial charge in [-0.05, 0) is 18.6 Å². The number of carbonyl (C=O) groups is 1. The number of amidine groups is 1. The van der Waals surface area contributed by atoms with Gasteiger partial charge in [-0.25, -0.2) is 0 Å². The molecule has 0 atom stereocenters. The Labute approximate surface area is 106 Å². The fourth-order valence-corrected chi connectivity index (χ4v) is 1.35. The van der Waals surface area contributed by atoms with Crippen LogP contribution in [0.4, 0.5) is 18.9 Å². The number of oxime groups is 1. The standard InChI is InChI=1S/C11H12F3N3O2/c1-6-2-3-7(10(15)17-19)4-8(6)16-9(18)5-11(12,13)14/h2-4,19H,5H2,1H3,(H2,15,17)(H,16,18). The van der Waals surface area contributed by atoms with Crippen LogP contribution in [0.1, 0.15) is 17.5 Å². The number of nitrogens with two attached hydrogens (primary N) is 1. The Bertz CT molecular complexity index is 512. The van der Waals surface area contributed by atoms with Gasteiger partial charge in [-0.1, -0.05) is 17.3 Å². The molecule has 1 aromatic rings. The van der Waals surface area contributed by atoms with Gasteiger partial charge in [0.2, 0.25) is 5.91 Å². The number of carbonyl (C=O) groups excluding carboxylic acids is 1. The van der Waals surface area contributed by atoms with Gasteiger partial charge in [-0.15, -0.1) is 0 Å². The van der Waals surface area contributed by atoms with Crippen molar-refractivity contribution in [3.63, 3.8) is 0 Å². The summed E-state index contributed by atoms with van der Waals surface area (Å²) in [5.41, 5.74) is 6.38. The third-order valence-electron chi connectivity index (χ3n) is 2.28. The minimum atomic E-state index is -4.57. The Morgan fingerprint density at radius 2 is 2.11 bits per heavy atom. The maximum absolute atomic E-state index is 12.0. The Balaban J connectivity index is 2.92. The molecule has 0 saturated carbocycles. The number of anilines is 1. The first kappa shape index (κ1) is 14.8. The number of rotatable bonds is 3. The summed E-state index contributed by atoms with van der Waals surface area (Å²) in [6.07, 6.45) is -6.14. The van der Waals surface area contributed by atoms with E-state index in [9.17, 15) is 18.0 Å². The second-order valence-corrected chi connectivity index (χ2v) is 3.86. The number of nitrogens with one attached hydrogen (secondary N) is 1. The summed E-state index contributed by atoms with van der Waals surface area (Å²) in [4.78, 5) is 11.2. The molecule has 0 aliphatic heterocycles. The SMILES string of the molecule is Cc1ccc(C(N)=NO)cc1NC(=O)CC(F)(F)F. The quantitative estimate of drug-likeness (QED) is 0.341. The van der Waals surface area contributed by atoms with Gasteiger partial charge in [0.25, 0.3) is 0 Å². The fourth-order valence-electron chi connectivity index (χ4n) is 1.35. The summed E-state index contributed by atoms with van der Waals surface area (Å²) < 4.78 is 36.1. The van der Waals surface area contributed by atoms with E-state index in [2.05, 4.69) is 10.5 Å². The second kappa shape index (κ2) is 5.59. The van der Waals surface area contributed by atoms with Gasteiger partial charge in [0, 0.05) is 11.3 Å². The van der Waals surface area contributed by atoms with E-state index in [0.29, 0.717) is 5.56 Å². The van der Waals surface area contributed by atoms with Crippen molar-refractivity contribution in [2.75, 3.05) is 5.32 Å². The van der Waals surface area contributed by atoms with Gasteiger partial charge in [-0.2, -0.15) is 13.2 Å². The van der Waals surface area contributed by atoms with E-state index in [1.165, 1.54) is 18.2 Å². The molecule has 1 amide bonds. The number of aryl methyl sites for hydroxylation is 1. The lowest BCUT2D eigenvalue weighted by Crippen LogP contribution is -2.22. The van der Waals surface area contributed by atoms with Crippen LogP contribution >= 0.6 is 0 Å². The van der Waals surface area contributed by atoms with E-state index in [1.54, 1.807) is 6.92 Å².